The topological polar surface area (TPSA) is 74.7 Å². The van der Waals surface area contributed by atoms with E-state index in [-0.39, 0.29) is 11.0 Å². The van der Waals surface area contributed by atoms with Gasteiger partial charge in [-0.05, 0) is 6.92 Å². The molecule has 90 valence electrons. The highest BCUT2D eigenvalue weighted by Gasteiger charge is 2.36. The first kappa shape index (κ1) is 13.4. The van der Waals surface area contributed by atoms with Gasteiger partial charge in [-0.15, -0.1) is 11.8 Å². The van der Waals surface area contributed by atoms with Crippen LogP contribution in [0.1, 0.15) is 13.8 Å². The van der Waals surface area contributed by atoms with Gasteiger partial charge in [-0.3, -0.25) is 9.59 Å². The van der Waals surface area contributed by atoms with Gasteiger partial charge in [-0.25, -0.2) is 4.79 Å². The van der Waals surface area contributed by atoms with Crippen LogP contribution in [0.25, 0.3) is 0 Å². The van der Waals surface area contributed by atoms with Crippen LogP contribution in [-0.4, -0.2) is 49.9 Å². The van der Waals surface area contributed by atoms with E-state index in [1.807, 2.05) is 0 Å². The van der Waals surface area contributed by atoms with Crippen molar-refractivity contribution in [1.29, 1.82) is 0 Å². The second-order valence-corrected chi connectivity index (χ2v) is 5.93. The summed E-state index contributed by atoms with van der Waals surface area (Å²) in [6.45, 7) is 3.01. The maximum absolute atomic E-state index is 11.9. The lowest BCUT2D eigenvalue weighted by Gasteiger charge is -2.23. The van der Waals surface area contributed by atoms with E-state index in [1.54, 1.807) is 6.92 Å². The molecule has 1 aliphatic heterocycles. The van der Waals surface area contributed by atoms with Crippen LogP contribution in [0.2, 0.25) is 0 Å². The fourth-order valence-corrected chi connectivity index (χ4v) is 3.29. The number of nitrogens with zero attached hydrogens (tertiary/aromatic N) is 1. The zero-order valence-corrected chi connectivity index (χ0v) is 10.6. The molecule has 1 aliphatic rings. The number of carboxylic acid groups (broad SMARTS) is 1. The average molecular weight is 263 g/mol. The molecule has 1 saturated heterocycles. The molecular weight excluding hydrogens is 250 g/mol. The van der Waals surface area contributed by atoms with Crippen molar-refractivity contribution in [2.75, 3.05) is 11.6 Å². The molecule has 0 aromatic carbocycles. The van der Waals surface area contributed by atoms with Gasteiger partial charge in [0.15, 0.2) is 5.12 Å². The normalized spacial score (nSPS) is 21.9. The van der Waals surface area contributed by atoms with E-state index < -0.39 is 17.3 Å². The standard InChI is InChI=1S/C9H13NO4S2/c1-5(16-6(2)11)8(12)10-4-15-3-7(10)9(13)14/h5,7H,3-4H2,1-2H3,(H,13,14)/t5-,7+/m1/s1. The number of carbonyl (C=O) groups excluding carboxylic acids is 2. The molecular formula is C9H13NO4S2. The Kier molecular flexibility index (Phi) is 4.67. The Hall–Kier alpha value is -0.690. The van der Waals surface area contributed by atoms with E-state index in [4.69, 9.17) is 5.11 Å². The largest absolute Gasteiger partial charge is 0.480 e. The molecule has 1 amide bonds. The molecule has 2 atom stereocenters. The Balaban J connectivity index is 2.65. The molecule has 0 aromatic rings. The number of rotatable bonds is 3. The molecule has 0 bridgehead atoms. The van der Waals surface area contributed by atoms with Crippen LogP contribution in [0.15, 0.2) is 0 Å². The third kappa shape index (κ3) is 3.15. The van der Waals surface area contributed by atoms with Gasteiger partial charge in [0.05, 0.1) is 11.1 Å². The van der Waals surface area contributed by atoms with Gasteiger partial charge in [-0.1, -0.05) is 11.8 Å². The fourth-order valence-electron chi connectivity index (χ4n) is 1.40. The summed E-state index contributed by atoms with van der Waals surface area (Å²) in [5, 5.41) is 8.26. The quantitative estimate of drug-likeness (QED) is 0.805. The van der Waals surface area contributed by atoms with Crippen molar-refractivity contribution in [3.63, 3.8) is 0 Å². The minimum Gasteiger partial charge on any atom is -0.480 e. The third-order valence-corrected chi connectivity index (χ3v) is 4.04. The van der Waals surface area contributed by atoms with E-state index in [9.17, 15) is 14.4 Å². The molecule has 5 nitrogen and oxygen atoms in total. The lowest BCUT2D eigenvalue weighted by molar-refractivity contribution is -0.147. The Morgan fingerprint density at radius 3 is 2.62 bits per heavy atom. The molecule has 0 saturated carbocycles. The maximum Gasteiger partial charge on any atom is 0.327 e. The van der Waals surface area contributed by atoms with E-state index >= 15 is 0 Å². The second-order valence-electron chi connectivity index (χ2n) is 3.41. The minimum absolute atomic E-state index is 0.139. The molecule has 16 heavy (non-hydrogen) atoms. The molecule has 0 aromatic heterocycles. The predicted octanol–water partition coefficient (Wildman–Crippen LogP) is 0.641. The predicted molar refractivity (Wildman–Crippen MR) is 63.3 cm³/mol. The lowest BCUT2D eigenvalue weighted by Crippen LogP contribution is -2.45. The summed E-state index contributed by atoms with van der Waals surface area (Å²) in [4.78, 5) is 34.9. The third-order valence-electron chi connectivity index (χ3n) is 2.14. The summed E-state index contributed by atoms with van der Waals surface area (Å²) >= 11 is 2.34. The van der Waals surface area contributed by atoms with E-state index in [0.717, 1.165) is 11.8 Å². The van der Waals surface area contributed by atoms with E-state index in [2.05, 4.69) is 0 Å². The molecule has 0 radical (unpaired) electrons. The summed E-state index contributed by atoms with van der Waals surface area (Å²) < 4.78 is 0. The Labute approximate surface area is 102 Å². The monoisotopic (exact) mass is 263 g/mol. The average Bonchev–Trinajstić information content (AvgIpc) is 2.63. The zero-order valence-electron chi connectivity index (χ0n) is 9.00. The minimum atomic E-state index is -0.988. The Bertz CT molecular complexity index is 321. The van der Waals surface area contributed by atoms with Crippen molar-refractivity contribution in [3.8, 4) is 0 Å². The zero-order chi connectivity index (χ0) is 12.3. The number of hydrogen-bond acceptors (Lipinski definition) is 5. The molecule has 0 unspecified atom stereocenters. The van der Waals surface area contributed by atoms with Gasteiger partial charge in [0.2, 0.25) is 5.91 Å². The number of aliphatic carboxylic acids is 1. The fraction of sp³-hybridized carbons (Fsp3) is 0.667. The molecule has 0 spiro atoms. The Morgan fingerprint density at radius 1 is 1.50 bits per heavy atom. The molecule has 1 heterocycles. The van der Waals surface area contributed by atoms with Crippen LogP contribution in [-0.2, 0) is 14.4 Å². The van der Waals surface area contributed by atoms with Crippen molar-refractivity contribution < 1.29 is 19.5 Å². The first-order chi connectivity index (χ1) is 7.43. The first-order valence-corrected chi connectivity index (χ1v) is 6.75. The van der Waals surface area contributed by atoms with Crippen molar-refractivity contribution in [3.05, 3.63) is 0 Å². The van der Waals surface area contributed by atoms with Gasteiger partial charge in [0.1, 0.15) is 6.04 Å². The first-order valence-electron chi connectivity index (χ1n) is 4.71. The summed E-state index contributed by atoms with van der Waals surface area (Å²) in [7, 11) is 0. The number of thioether (sulfide) groups is 2. The van der Waals surface area contributed by atoms with Crippen molar-refractivity contribution >= 4 is 40.5 Å². The summed E-state index contributed by atoms with van der Waals surface area (Å²) in [6, 6.07) is -0.757. The van der Waals surface area contributed by atoms with Crippen LogP contribution in [0.4, 0.5) is 0 Å². The maximum atomic E-state index is 11.9. The lowest BCUT2D eigenvalue weighted by atomic mass is 10.3. The van der Waals surface area contributed by atoms with E-state index in [1.165, 1.54) is 23.6 Å². The highest BCUT2D eigenvalue weighted by molar-refractivity contribution is 8.14. The number of amides is 1. The van der Waals surface area contributed by atoms with Gasteiger partial charge < -0.3 is 10.0 Å². The number of carbonyl (C=O) groups is 3. The molecule has 7 heteroatoms. The van der Waals surface area contributed by atoms with Crippen LogP contribution in [0.3, 0.4) is 0 Å². The second kappa shape index (κ2) is 5.58. The number of carboxylic acids is 1. The highest BCUT2D eigenvalue weighted by Crippen LogP contribution is 2.24. The van der Waals surface area contributed by atoms with E-state index in [0.29, 0.717) is 11.6 Å². The Morgan fingerprint density at radius 2 is 2.12 bits per heavy atom. The van der Waals surface area contributed by atoms with Gasteiger partial charge in [-0.2, -0.15) is 0 Å². The molecule has 1 N–H and O–H groups in total. The molecule has 1 fully saturated rings. The van der Waals surface area contributed by atoms with Crippen molar-refractivity contribution in [1.82, 2.24) is 4.90 Å². The van der Waals surface area contributed by atoms with Gasteiger partial charge in [0.25, 0.3) is 0 Å². The summed E-state index contributed by atoms with van der Waals surface area (Å²) in [5.41, 5.74) is 0. The van der Waals surface area contributed by atoms with Crippen molar-refractivity contribution in [2.24, 2.45) is 0 Å². The van der Waals surface area contributed by atoms with Gasteiger partial charge >= 0.3 is 5.97 Å². The summed E-state index contributed by atoms with van der Waals surface area (Å²) in [6.07, 6.45) is 0. The van der Waals surface area contributed by atoms with Gasteiger partial charge in [0, 0.05) is 12.7 Å². The SMILES string of the molecule is CC(=O)S[C@H](C)C(=O)N1CSC[C@H]1C(=O)O. The summed E-state index contributed by atoms with van der Waals surface area (Å²) in [5.74, 6) is -0.465. The van der Waals surface area contributed by atoms with Crippen LogP contribution >= 0.6 is 23.5 Å². The van der Waals surface area contributed by atoms with Crippen LogP contribution in [0.5, 0.6) is 0 Å². The highest BCUT2D eigenvalue weighted by atomic mass is 32.2. The van der Waals surface area contributed by atoms with Crippen LogP contribution in [0, 0.1) is 0 Å². The number of hydrogen-bond donors (Lipinski definition) is 1. The smallest absolute Gasteiger partial charge is 0.327 e. The van der Waals surface area contributed by atoms with Crippen molar-refractivity contribution in [2.45, 2.75) is 25.1 Å². The molecule has 0 aliphatic carbocycles. The molecule has 1 rings (SSSR count). The van der Waals surface area contributed by atoms with Crippen LogP contribution < -0.4 is 0 Å².